The Hall–Kier alpha value is -1.63. The summed E-state index contributed by atoms with van der Waals surface area (Å²) in [5, 5.41) is 9.00. The molecule has 1 unspecified atom stereocenters. The molecule has 0 aliphatic heterocycles. The van der Waals surface area contributed by atoms with Gasteiger partial charge in [0, 0.05) is 23.4 Å². The molecule has 8 heteroatoms. The van der Waals surface area contributed by atoms with Crippen molar-refractivity contribution in [3.63, 3.8) is 0 Å². The van der Waals surface area contributed by atoms with E-state index in [0.717, 1.165) is 5.01 Å². The molecule has 0 aliphatic carbocycles. The molecular weight excluding hydrogens is 242 g/mol. The van der Waals surface area contributed by atoms with Crippen LogP contribution in [0.2, 0.25) is 0 Å². The number of aryl methyl sites for hydroxylation is 1. The van der Waals surface area contributed by atoms with Gasteiger partial charge in [-0.3, -0.25) is 5.32 Å². The highest BCUT2D eigenvalue weighted by Gasteiger charge is 2.22. The molecule has 92 valence electrons. The Labute approximate surface area is 102 Å². The third kappa shape index (κ3) is 4.03. The van der Waals surface area contributed by atoms with Crippen molar-refractivity contribution in [2.24, 2.45) is 5.11 Å². The summed E-state index contributed by atoms with van der Waals surface area (Å²) in [5.74, 6) is -0.406. The van der Waals surface area contributed by atoms with Crippen molar-refractivity contribution in [1.29, 1.82) is 0 Å². The van der Waals surface area contributed by atoms with Crippen LogP contribution in [0.1, 0.15) is 16.7 Å². The largest absolute Gasteiger partial charge is 0.468 e. The van der Waals surface area contributed by atoms with Gasteiger partial charge in [0.25, 0.3) is 0 Å². The van der Waals surface area contributed by atoms with E-state index >= 15 is 0 Å². The molecule has 17 heavy (non-hydrogen) atoms. The smallest absolute Gasteiger partial charge is 0.329 e. The van der Waals surface area contributed by atoms with Gasteiger partial charge < -0.3 is 4.74 Å². The molecule has 1 aromatic heterocycles. The first-order valence-electron chi connectivity index (χ1n) is 4.93. The van der Waals surface area contributed by atoms with Gasteiger partial charge in [-0.1, -0.05) is 5.11 Å². The molecule has 1 heterocycles. The number of rotatable bonds is 6. The second-order valence-electron chi connectivity index (χ2n) is 3.16. The van der Waals surface area contributed by atoms with Crippen molar-refractivity contribution in [2.45, 2.75) is 13.0 Å². The number of ether oxygens (including phenoxy) is 1. The van der Waals surface area contributed by atoms with Gasteiger partial charge in [-0.2, -0.15) is 0 Å². The number of hydrogen-bond donors (Lipinski definition) is 1. The zero-order chi connectivity index (χ0) is 12.7. The van der Waals surface area contributed by atoms with Gasteiger partial charge >= 0.3 is 5.97 Å². The topological polar surface area (TPSA) is 100.0 Å². The van der Waals surface area contributed by atoms with Crippen LogP contribution in [0.15, 0.2) is 10.5 Å². The Morgan fingerprint density at radius 2 is 2.59 bits per heavy atom. The lowest BCUT2D eigenvalue weighted by Crippen LogP contribution is -2.31. The van der Waals surface area contributed by atoms with E-state index in [1.54, 1.807) is 5.38 Å². The fourth-order valence-electron chi connectivity index (χ4n) is 1.24. The minimum atomic E-state index is -0.612. The van der Waals surface area contributed by atoms with Gasteiger partial charge in [-0.15, -0.1) is 11.3 Å². The van der Waals surface area contributed by atoms with Gasteiger partial charge in [0.2, 0.25) is 0 Å². The zero-order valence-electron chi connectivity index (χ0n) is 9.58. The molecule has 0 aliphatic rings. The Kier molecular flexibility index (Phi) is 5.41. The second kappa shape index (κ2) is 6.85. The number of thiazole rings is 1. The maximum Gasteiger partial charge on any atom is 0.329 e. The molecule has 0 saturated carbocycles. The fourth-order valence-corrected chi connectivity index (χ4v) is 1.88. The first kappa shape index (κ1) is 13.4. The Morgan fingerprint density at radius 3 is 3.12 bits per heavy atom. The zero-order valence-corrected chi connectivity index (χ0v) is 10.4. The van der Waals surface area contributed by atoms with Crippen LogP contribution in [0.3, 0.4) is 0 Å². The molecule has 1 N–H and O–H groups in total. The third-order valence-corrected chi connectivity index (χ3v) is 2.78. The first-order chi connectivity index (χ1) is 8.19. The lowest BCUT2D eigenvalue weighted by molar-refractivity contribution is -0.143. The van der Waals surface area contributed by atoms with Crippen molar-refractivity contribution < 1.29 is 9.53 Å². The minimum Gasteiger partial charge on any atom is -0.468 e. The molecule has 0 radical (unpaired) electrons. The maximum absolute atomic E-state index is 11.6. The molecule has 7 nitrogen and oxygen atoms in total. The van der Waals surface area contributed by atoms with Crippen molar-refractivity contribution in [3.05, 3.63) is 26.5 Å². The van der Waals surface area contributed by atoms with Crippen LogP contribution < -0.4 is 5.32 Å². The number of carbonyl (C=O) groups excluding carboxylic acids is 1. The maximum atomic E-state index is 11.6. The van der Waals surface area contributed by atoms with Crippen LogP contribution in [0, 0.1) is 6.92 Å². The molecule has 0 saturated heterocycles. The third-order valence-electron chi connectivity index (χ3n) is 1.99. The lowest BCUT2D eigenvalue weighted by atomic mass is 10.2. The van der Waals surface area contributed by atoms with Crippen molar-refractivity contribution in [2.75, 3.05) is 20.2 Å². The van der Waals surface area contributed by atoms with Crippen LogP contribution in [0.25, 0.3) is 10.4 Å². The van der Waals surface area contributed by atoms with Gasteiger partial charge in [0.15, 0.2) is 0 Å². The fraction of sp³-hybridized carbons (Fsp3) is 0.556. The average molecular weight is 255 g/mol. The van der Waals surface area contributed by atoms with Crippen LogP contribution in [-0.4, -0.2) is 31.2 Å². The van der Waals surface area contributed by atoms with Gasteiger partial charge in [0.05, 0.1) is 17.8 Å². The summed E-state index contributed by atoms with van der Waals surface area (Å²) in [6.07, 6.45) is 0. The Morgan fingerprint density at radius 1 is 1.82 bits per heavy atom. The minimum absolute atomic E-state index is 0.271. The van der Waals surface area contributed by atoms with E-state index in [9.17, 15) is 4.79 Å². The van der Waals surface area contributed by atoms with Crippen molar-refractivity contribution >= 4 is 17.3 Å². The first-order valence-corrected chi connectivity index (χ1v) is 5.81. The molecule has 0 spiro atoms. The number of nitrogens with zero attached hydrogens (tertiary/aromatic N) is 4. The average Bonchev–Trinajstić information content (AvgIpc) is 2.75. The number of azide groups is 1. The summed E-state index contributed by atoms with van der Waals surface area (Å²) < 4.78 is 4.69. The highest BCUT2D eigenvalue weighted by Crippen LogP contribution is 2.17. The summed E-state index contributed by atoms with van der Waals surface area (Å²) in [6, 6.07) is -0.612. The predicted molar refractivity (Wildman–Crippen MR) is 63.6 cm³/mol. The molecule has 0 bridgehead atoms. The second-order valence-corrected chi connectivity index (χ2v) is 4.22. The number of carbonyl (C=O) groups is 1. The summed E-state index contributed by atoms with van der Waals surface area (Å²) in [7, 11) is 1.32. The van der Waals surface area contributed by atoms with Crippen LogP contribution >= 0.6 is 11.3 Å². The summed E-state index contributed by atoms with van der Waals surface area (Å²) in [4.78, 5) is 18.4. The summed E-state index contributed by atoms with van der Waals surface area (Å²) in [5.41, 5.74) is 8.76. The van der Waals surface area contributed by atoms with E-state index < -0.39 is 12.0 Å². The monoisotopic (exact) mass is 255 g/mol. The molecular formula is C9H13N5O2S. The molecule has 0 aromatic carbocycles. The summed E-state index contributed by atoms with van der Waals surface area (Å²) >= 11 is 1.46. The van der Waals surface area contributed by atoms with E-state index in [1.807, 2.05) is 6.92 Å². The Bertz CT molecular complexity index is 427. The number of hydrogen-bond acceptors (Lipinski definition) is 6. The highest BCUT2D eigenvalue weighted by atomic mass is 32.1. The quantitative estimate of drug-likeness (QED) is 0.274. The Balaban J connectivity index is 2.67. The molecule has 1 rings (SSSR count). The van der Waals surface area contributed by atoms with Crippen LogP contribution in [0.4, 0.5) is 0 Å². The van der Waals surface area contributed by atoms with Gasteiger partial charge in [0.1, 0.15) is 6.04 Å². The number of nitrogens with one attached hydrogen (secondary N) is 1. The van der Waals surface area contributed by atoms with E-state index in [2.05, 4.69) is 20.3 Å². The van der Waals surface area contributed by atoms with Gasteiger partial charge in [-0.25, -0.2) is 9.78 Å². The highest BCUT2D eigenvalue weighted by molar-refractivity contribution is 7.09. The van der Waals surface area contributed by atoms with E-state index in [1.165, 1.54) is 18.4 Å². The number of aromatic nitrogens is 1. The standard InChI is InChI=1S/C9H13N5O2S/c1-6-13-7(5-17-6)8(9(15)16-2)11-3-4-12-14-10/h5,8,11H,3-4H2,1-2H3. The van der Waals surface area contributed by atoms with Crippen molar-refractivity contribution in [3.8, 4) is 0 Å². The molecule has 0 fully saturated rings. The SMILES string of the molecule is COC(=O)C(NCCN=[N+]=[N-])c1csc(C)n1. The lowest BCUT2D eigenvalue weighted by Gasteiger charge is -2.13. The van der Waals surface area contributed by atoms with E-state index in [4.69, 9.17) is 10.3 Å². The molecule has 1 aromatic rings. The van der Waals surface area contributed by atoms with Gasteiger partial charge in [-0.05, 0) is 12.5 Å². The number of methoxy groups -OCH3 is 1. The summed E-state index contributed by atoms with van der Waals surface area (Å²) in [6.45, 7) is 2.52. The van der Waals surface area contributed by atoms with Crippen LogP contribution in [0.5, 0.6) is 0 Å². The van der Waals surface area contributed by atoms with Crippen molar-refractivity contribution in [1.82, 2.24) is 10.3 Å². The predicted octanol–water partition coefficient (Wildman–Crippen LogP) is 1.57. The normalized spacial score (nSPS) is 11.6. The molecule has 1 atom stereocenters. The van der Waals surface area contributed by atoms with E-state index in [-0.39, 0.29) is 6.54 Å². The number of esters is 1. The van der Waals surface area contributed by atoms with E-state index in [0.29, 0.717) is 12.2 Å². The molecule has 0 amide bonds. The van der Waals surface area contributed by atoms with Crippen LogP contribution in [-0.2, 0) is 9.53 Å².